The molecule has 3 aromatic rings. The van der Waals surface area contributed by atoms with Gasteiger partial charge in [0.25, 0.3) is 0 Å². The number of carbonyl (C=O) groups excluding carboxylic acids is 1. The minimum Gasteiger partial charge on any atom is -0.439 e. The van der Waals surface area contributed by atoms with Crippen LogP contribution in [0.4, 0.5) is 14.2 Å². The first-order valence-electron chi connectivity index (χ1n) is 12.3. The van der Waals surface area contributed by atoms with Crippen LogP contribution in [0.25, 0.3) is 0 Å². The number of halogens is 1. The van der Waals surface area contributed by atoms with Crippen LogP contribution in [-0.4, -0.2) is 42.9 Å². The van der Waals surface area contributed by atoms with Crippen LogP contribution in [0.1, 0.15) is 30.4 Å². The normalized spacial score (nSPS) is 23.6. The minimum absolute atomic E-state index is 0.0743. The number of carbonyl (C=O) groups is 1. The van der Waals surface area contributed by atoms with E-state index in [1.807, 2.05) is 17.5 Å². The molecule has 178 valence electrons. The average Bonchev–Trinajstić information content (AvgIpc) is 3.39. The Bertz CT molecular complexity index is 1080. The third kappa shape index (κ3) is 5.18. The molecular formula is C28H32FN2O2S+. The summed E-state index contributed by atoms with van der Waals surface area (Å²) < 4.78 is 21.6. The molecule has 0 N–H and O–H groups in total. The number of ether oxygens (including phenoxy) is 1. The Morgan fingerprint density at radius 3 is 2.53 bits per heavy atom. The van der Waals surface area contributed by atoms with E-state index < -0.39 is 0 Å². The Morgan fingerprint density at radius 1 is 1.03 bits per heavy atom. The van der Waals surface area contributed by atoms with Crippen molar-refractivity contribution in [3.8, 4) is 0 Å². The topological polar surface area (TPSA) is 29.5 Å². The van der Waals surface area contributed by atoms with E-state index in [0.29, 0.717) is 11.5 Å². The fraction of sp³-hybridized carbons (Fsp3) is 0.393. The zero-order chi connectivity index (χ0) is 23.4. The standard InChI is InChI=1S/C28H32FN2O2S/c29-25-12-5-4-11-24(25)20-30(27-13-7-19-34-27)28(32)33-26-21-31(17-14-23(26)15-18-31)16-6-10-22-8-2-1-3-9-22/h1-5,7-9,11-13,19,23,26H,6,10,14-18,20-21H2/q+1/t23?,26-,31?/m0/s1. The molecule has 3 fully saturated rings. The molecule has 3 aliphatic rings. The summed E-state index contributed by atoms with van der Waals surface area (Å²) >= 11 is 1.47. The molecule has 6 heteroatoms. The molecule has 4 heterocycles. The van der Waals surface area contributed by atoms with Crippen molar-refractivity contribution < 1.29 is 18.4 Å². The molecule has 34 heavy (non-hydrogen) atoms. The third-order valence-electron chi connectivity index (χ3n) is 7.51. The number of nitrogens with zero attached hydrogens (tertiary/aromatic N) is 2. The molecule has 3 saturated heterocycles. The van der Waals surface area contributed by atoms with E-state index in [-0.39, 0.29) is 24.6 Å². The molecule has 1 atom stereocenters. The molecule has 0 aliphatic carbocycles. The van der Waals surface area contributed by atoms with Gasteiger partial charge in [0.1, 0.15) is 17.4 Å². The van der Waals surface area contributed by atoms with Crippen molar-refractivity contribution in [2.45, 2.75) is 38.3 Å². The maximum atomic E-state index is 14.3. The van der Waals surface area contributed by atoms with Gasteiger partial charge in [0.2, 0.25) is 0 Å². The quantitative estimate of drug-likeness (QED) is 0.356. The predicted octanol–water partition coefficient (Wildman–Crippen LogP) is 6.27. The van der Waals surface area contributed by atoms with Gasteiger partial charge in [-0.2, -0.15) is 0 Å². The maximum absolute atomic E-state index is 14.3. The number of benzene rings is 2. The van der Waals surface area contributed by atoms with Gasteiger partial charge >= 0.3 is 6.09 Å². The van der Waals surface area contributed by atoms with Crippen molar-refractivity contribution in [2.24, 2.45) is 5.92 Å². The molecule has 0 unspecified atom stereocenters. The lowest BCUT2D eigenvalue weighted by Gasteiger charge is -2.52. The number of amides is 1. The first-order valence-corrected chi connectivity index (χ1v) is 13.1. The molecule has 2 bridgehead atoms. The largest absolute Gasteiger partial charge is 0.439 e. The number of rotatable bonds is 8. The van der Waals surface area contributed by atoms with Gasteiger partial charge in [-0.05, 0) is 35.6 Å². The number of piperidine rings is 3. The fourth-order valence-electron chi connectivity index (χ4n) is 5.58. The highest BCUT2D eigenvalue weighted by atomic mass is 32.1. The average molecular weight is 480 g/mol. The Morgan fingerprint density at radius 2 is 1.79 bits per heavy atom. The van der Waals surface area contributed by atoms with Crippen LogP contribution in [0.2, 0.25) is 0 Å². The van der Waals surface area contributed by atoms with E-state index in [4.69, 9.17) is 4.74 Å². The first-order chi connectivity index (χ1) is 16.6. The zero-order valence-corrected chi connectivity index (χ0v) is 20.3. The second-order valence-electron chi connectivity index (χ2n) is 9.67. The van der Waals surface area contributed by atoms with Crippen molar-refractivity contribution >= 4 is 22.4 Å². The fourth-order valence-corrected chi connectivity index (χ4v) is 6.30. The van der Waals surface area contributed by atoms with Gasteiger partial charge in [-0.1, -0.05) is 48.5 Å². The highest BCUT2D eigenvalue weighted by molar-refractivity contribution is 7.14. The van der Waals surface area contributed by atoms with Crippen molar-refractivity contribution in [3.63, 3.8) is 0 Å². The number of anilines is 1. The zero-order valence-electron chi connectivity index (χ0n) is 19.4. The van der Waals surface area contributed by atoms with Crippen molar-refractivity contribution in [1.29, 1.82) is 0 Å². The number of thiophene rings is 1. The lowest BCUT2D eigenvalue weighted by Crippen LogP contribution is -2.65. The minimum atomic E-state index is -0.369. The smallest absolute Gasteiger partial charge is 0.415 e. The molecule has 0 spiro atoms. The summed E-state index contributed by atoms with van der Waals surface area (Å²) in [5.41, 5.74) is 1.88. The van der Waals surface area contributed by atoms with E-state index in [0.717, 1.165) is 48.3 Å². The summed E-state index contributed by atoms with van der Waals surface area (Å²) in [6, 6.07) is 21.1. The molecule has 1 amide bonds. The highest BCUT2D eigenvalue weighted by Gasteiger charge is 2.47. The molecule has 0 radical (unpaired) electrons. The van der Waals surface area contributed by atoms with Crippen LogP contribution < -0.4 is 4.90 Å². The summed E-state index contributed by atoms with van der Waals surface area (Å²) in [5, 5.41) is 2.71. The third-order valence-corrected chi connectivity index (χ3v) is 8.40. The maximum Gasteiger partial charge on any atom is 0.415 e. The second kappa shape index (κ2) is 10.3. The molecule has 6 rings (SSSR count). The molecular weight excluding hydrogens is 447 g/mol. The van der Waals surface area contributed by atoms with Crippen LogP contribution in [0.15, 0.2) is 72.1 Å². The van der Waals surface area contributed by atoms with E-state index >= 15 is 0 Å². The Hall–Kier alpha value is -2.70. The van der Waals surface area contributed by atoms with E-state index in [2.05, 4.69) is 30.3 Å². The van der Waals surface area contributed by atoms with Crippen LogP contribution in [0.5, 0.6) is 0 Å². The lowest BCUT2D eigenvalue weighted by atomic mass is 9.83. The Labute approximate surface area is 205 Å². The van der Waals surface area contributed by atoms with Gasteiger partial charge in [-0.15, -0.1) is 11.3 Å². The molecule has 2 aromatic carbocycles. The number of aryl methyl sites for hydroxylation is 1. The van der Waals surface area contributed by atoms with Gasteiger partial charge in [0.15, 0.2) is 6.10 Å². The van der Waals surface area contributed by atoms with Gasteiger partial charge < -0.3 is 9.22 Å². The molecule has 3 aliphatic heterocycles. The summed E-state index contributed by atoms with van der Waals surface area (Å²) in [6.07, 6.45) is 4.00. The summed E-state index contributed by atoms with van der Waals surface area (Å²) in [5.74, 6) is 0.124. The Kier molecular flexibility index (Phi) is 6.97. The molecule has 4 nitrogen and oxygen atoms in total. The van der Waals surface area contributed by atoms with Gasteiger partial charge in [-0.3, -0.25) is 4.90 Å². The second-order valence-corrected chi connectivity index (χ2v) is 10.6. The van der Waals surface area contributed by atoms with Crippen LogP contribution in [-0.2, 0) is 17.7 Å². The van der Waals surface area contributed by atoms with E-state index in [1.165, 1.54) is 36.1 Å². The van der Waals surface area contributed by atoms with Crippen LogP contribution >= 0.6 is 11.3 Å². The monoisotopic (exact) mass is 479 g/mol. The van der Waals surface area contributed by atoms with E-state index in [9.17, 15) is 9.18 Å². The van der Waals surface area contributed by atoms with Gasteiger partial charge in [-0.25, -0.2) is 9.18 Å². The van der Waals surface area contributed by atoms with Gasteiger partial charge in [0, 0.05) is 30.7 Å². The predicted molar refractivity (Wildman–Crippen MR) is 134 cm³/mol. The van der Waals surface area contributed by atoms with Crippen molar-refractivity contribution in [2.75, 3.05) is 31.1 Å². The summed E-state index contributed by atoms with van der Waals surface area (Å²) in [6.45, 7) is 4.54. The van der Waals surface area contributed by atoms with Crippen LogP contribution in [0, 0.1) is 11.7 Å². The van der Waals surface area contributed by atoms with Crippen molar-refractivity contribution in [1.82, 2.24) is 0 Å². The Balaban J connectivity index is 1.25. The highest BCUT2D eigenvalue weighted by Crippen LogP contribution is 2.37. The van der Waals surface area contributed by atoms with Gasteiger partial charge in [0.05, 0.1) is 26.2 Å². The molecule has 1 aromatic heterocycles. The number of quaternary nitrogens is 1. The lowest BCUT2D eigenvalue weighted by molar-refractivity contribution is -0.946. The SMILES string of the molecule is O=C(O[C@H]1C[N+]2(CCCc3ccccc3)CCC1CC2)N(Cc1ccccc1F)c1cccs1. The number of hydrogen-bond acceptors (Lipinski definition) is 3. The van der Waals surface area contributed by atoms with E-state index in [1.54, 1.807) is 23.1 Å². The molecule has 0 saturated carbocycles. The number of fused-ring (bicyclic) bond motifs is 3. The number of hydrogen-bond donors (Lipinski definition) is 0. The van der Waals surface area contributed by atoms with Crippen LogP contribution in [0.3, 0.4) is 0 Å². The first kappa shape index (κ1) is 23.1. The summed E-state index contributed by atoms with van der Waals surface area (Å²) in [7, 11) is 0. The van der Waals surface area contributed by atoms with Crippen molar-refractivity contribution in [3.05, 3.63) is 89.1 Å². The summed E-state index contributed by atoms with van der Waals surface area (Å²) in [4.78, 5) is 15.0.